The number of nitrogens with zero attached hydrogens (tertiary/aromatic N) is 3. The molecule has 0 saturated heterocycles. The van der Waals surface area contributed by atoms with Gasteiger partial charge < -0.3 is 52.9 Å². The summed E-state index contributed by atoms with van der Waals surface area (Å²) in [6.07, 6.45) is 0. The molecule has 210 valence electrons. The quantitative estimate of drug-likeness (QED) is 0.225. The number of aromatic carboxylic acids is 1. The third-order valence-corrected chi connectivity index (χ3v) is 3.44. The molecule has 0 atom stereocenters. The lowest BCUT2D eigenvalue weighted by molar-refractivity contribution is -0.870. The van der Waals surface area contributed by atoms with Crippen LogP contribution in [0.2, 0.25) is 0 Å². The summed E-state index contributed by atoms with van der Waals surface area (Å²) in [4.78, 5) is 10.2. The fourth-order valence-electron chi connectivity index (χ4n) is 1.55. The van der Waals surface area contributed by atoms with Crippen LogP contribution in [0.5, 0.6) is 5.75 Å². The Labute approximate surface area is 213 Å². The van der Waals surface area contributed by atoms with Crippen molar-refractivity contribution in [2.45, 2.75) is 0 Å². The molecule has 0 radical (unpaired) electrons. The van der Waals surface area contributed by atoms with Gasteiger partial charge in [0.05, 0.1) is 89.2 Å². The van der Waals surface area contributed by atoms with E-state index in [0.29, 0.717) is 0 Å². The van der Waals surface area contributed by atoms with Crippen molar-refractivity contribution in [2.24, 2.45) is 0 Å². The summed E-state index contributed by atoms with van der Waals surface area (Å²) in [6.45, 7) is 3.34. The Kier molecular flexibility index (Phi) is 25.0. The fraction of sp³-hybridized carbons (Fsp3) is 0.682. The smallest absolute Gasteiger partial charge is 0.124 e. The second-order valence-electron chi connectivity index (χ2n) is 10.2. The Morgan fingerprint density at radius 3 is 1.11 bits per heavy atom. The van der Waals surface area contributed by atoms with Crippen LogP contribution < -0.4 is 5.11 Å². The fourth-order valence-corrected chi connectivity index (χ4v) is 1.55. The maximum absolute atomic E-state index is 10.2. The molecule has 1 aromatic carbocycles. The van der Waals surface area contributed by atoms with Crippen LogP contribution >= 0.6 is 0 Å². The summed E-state index contributed by atoms with van der Waals surface area (Å²) in [5.74, 6) is -1.62. The summed E-state index contributed by atoms with van der Waals surface area (Å²) in [7, 11) is 18.5. The largest absolute Gasteiger partial charge is 0.784 e. The highest BCUT2D eigenvalue weighted by molar-refractivity contribution is 7.72. The summed E-state index contributed by atoms with van der Waals surface area (Å²) in [5.41, 5.74) is -0.178. The molecule has 1 rings (SSSR count). The van der Waals surface area contributed by atoms with Crippen LogP contribution in [0.25, 0.3) is 0 Å². The minimum Gasteiger partial charge on any atom is -0.784 e. The van der Waals surface area contributed by atoms with Gasteiger partial charge in [0.2, 0.25) is 0 Å². The van der Waals surface area contributed by atoms with Crippen molar-refractivity contribution < 1.29 is 57.1 Å². The number of carboxylic acid groups (broad SMARTS) is 1. The molecule has 13 heteroatoms. The number of phenols is 1. The number of quaternary nitrogens is 3. The van der Waals surface area contributed by atoms with Crippen LogP contribution in [0, 0.1) is 0 Å². The Hall–Kier alpha value is -1.68. The Bertz CT molecular complexity index is 629. The Balaban J connectivity index is -0.000000177. The Morgan fingerprint density at radius 2 is 1.00 bits per heavy atom. The molecule has 0 aliphatic heterocycles. The number of hydrogen-bond acceptors (Lipinski definition) is 9. The molecule has 0 aliphatic carbocycles. The summed E-state index contributed by atoms with van der Waals surface area (Å²) in [5, 5.41) is 44.2. The van der Waals surface area contributed by atoms with Gasteiger partial charge in [-0.1, -0.05) is 12.1 Å². The highest BCUT2D eigenvalue weighted by Crippen LogP contribution is 2.13. The topological polar surface area (TPSA) is 184 Å². The van der Waals surface area contributed by atoms with E-state index in [2.05, 4.69) is 63.4 Å². The monoisotopic (exact) mass is 529 g/mol. The van der Waals surface area contributed by atoms with E-state index >= 15 is 0 Å². The van der Waals surface area contributed by atoms with E-state index in [0.717, 1.165) is 33.1 Å². The lowest BCUT2D eigenvalue weighted by Gasteiger charge is -2.21. The highest BCUT2D eigenvalue weighted by atomic mass is 32.2. The van der Waals surface area contributed by atoms with Crippen molar-refractivity contribution in [3.63, 3.8) is 0 Å². The average Bonchev–Trinajstić information content (AvgIpc) is 2.60. The van der Waals surface area contributed by atoms with Gasteiger partial charge in [-0.25, -0.2) is 0 Å². The summed E-state index contributed by atoms with van der Waals surface area (Å²) in [6, 6.07) is 5.64. The molecule has 0 aromatic heterocycles. The number of carbonyl (C=O) groups is 1. The normalized spacial score (nSPS) is 10.8. The molecule has 1 aromatic rings. The molecule has 0 aliphatic rings. The van der Waals surface area contributed by atoms with Gasteiger partial charge in [-0.2, -0.15) is 0 Å². The number of likely N-dealkylation sites (N-methyl/N-ethyl adjacent to an activating group) is 3. The predicted octanol–water partition coefficient (Wildman–Crippen LogP) is -2.19. The minimum absolute atomic E-state index is 0.178. The van der Waals surface area contributed by atoms with Crippen LogP contribution in [0.4, 0.5) is 0 Å². The zero-order valence-electron chi connectivity index (χ0n) is 22.6. The van der Waals surface area contributed by atoms with E-state index in [1.54, 1.807) is 6.07 Å². The number of aromatic hydroxyl groups is 1. The molecule has 0 fully saturated rings. The zero-order valence-corrected chi connectivity index (χ0v) is 23.4. The van der Waals surface area contributed by atoms with Crippen molar-refractivity contribution in [1.29, 1.82) is 0 Å². The average molecular weight is 530 g/mol. The SMILES string of the molecule is C[N+](C)(C)CCO.C[N+](C)(C)CCO.C[N+](C)(C)CCO.O=C([O-])c1ccccc1O.O=S([O-])[O-]. The molecule has 12 nitrogen and oxygen atoms in total. The van der Waals surface area contributed by atoms with E-state index in [9.17, 15) is 9.90 Å². The molecule has 4 N–H and O–H groups in total. The van der Waals surface area contributed by atoms with Crippen molar-refractivity contribution >= 4 is 17.3 Å². The van der Waals surface area contributed by atoms with Gasteiger partial charge >= 0.3 is 0 Å². The standard InChI is InChI=1S/C7H6O3.3C5H14NO.H2O3S/c8-6-4-2-1-3-5(6)7(9)10;3*1-6(2,3)4-5-7;1-4(2)3/h1-4,8H,(H,9,10);3*7H,4-5H2,1-3H3;(H2,1,2,3)/q;3*+1;/p-3. The maximum atomic E-state index is 10.2. The molecule has 0 amide bonds. The molecule has 35 heavy (non-hydrogen) atoms. The van der Waals surface area contributed by atoms with Crippen molar-refractivity contribution in [3.05, 3.63) is 29.8 Å². The minimum atomic E-state index is -3.11. The number of aliphatic hydroxyl groups is 3. The first-order valence-corrected chi connectivity index (χ1v) is 11.6. The van der Waals surface area contributed by atoms with Gasteiger partial charge in [-0.05, 0) is 12.1 Å². The van der Waals surface area contributed by atoms with Crippen molar-refractivity contribution in [3.8, 4) is 5.75 Å². The van der Waals surface area contributed by atoms with Crippen molar-refractivity contribution in [1.82, 2.24) is 0 Å². The molecule has 0 unspecified atom stereocenters. The van der Waals surface area contributed by atoms with Crippen LogP contribution in [-0.4, -0.2) is 156 Å². The highest BCUT2D eigenvalue weighted by Gasteiger charge is 2.03. The molecule has 0 saturated carbocycles. The second kappa shape index (κ2) is 21.6. The summed E-state index contributed by atoms with van der Waals surface area (Å²) >= 11 is -3.11. The molecular formula is C22H47N3O9S. The second-order valence-corrected chi connectivity index (χ2v) is 10.6. The lowest BCUT2D eigenvalue weighted by Crippen LogP contribution is -2.36. The third-order valence-electron chi connectivity index (χ3n) is 3.44. The van der Waals surface area contributed by atoms with E-state index in [1.165, 1.54) is 18.2 Å². The lowest BCUT2D eigenvalue weighted by atomic mass is 10.2. The first-order chi connectivity index (χ1) is 15.6. The third kappa shape index (κ3) is 46.3. The maximum Gasteiger partial charge on any atom is 0.124 e. The number of rotatable bonds is 7. The Morgan fingerprint density at radius 1 is 0.743 bits per heavy atom. The number of para-hydroxylation sites is 1. The molecule has 0 spiro atoms. The zero-order chi connectivity index (χ0) is 28.9. The van der Waals surface area contributed by atoms with Gasteiger partial charge in [0.1, 0.15) is 25.4 Å². The first-order valence-electron chi connectivity index (χ1n) is 10.6. The van der Waals surface area contributed by atoms with E-state index in [-0.39, 0.29) is 31.1 Å². The van der Waals surface area contributed by atoms with Crippen LogP contribution in [0.1, 0.15) is 10.4 Å². The van der Waals surface area contributed by atoms with E-state index < -0.39 is 17.3 Å². The number of aliphatic hydroxyl groups excluding tert-OH is 3. The van der Waals surface area contributed by atoms with Gasteiger partial charge in [-0.15, -0.1) is 11.4 Å². The number of carboxylic acids is 1. The predicted molar refractivity (Wildman–Crippen MR) is 132 cm³/mol. The molecule has 0 heterocycles. The number of hydrogen-bond donors (Lipinski definition) is 4. The summed E-state index contributed by atoms with van der Waals surface area (Å²) < 4.78 is 27.9. The van der Waals surface area contributed by atoms with Gasteiger partial charge in [0.15, 0.2) is 0 Å². The molecular weight excluding hydrogens is 482 g/mol. The molecule has 0 bridgehead atoms. The van der Waals surface area contributed by atoms with Crippen LogP contribution in [0.15, 0.2) is 24.3 Å². The van der Waals surface area contributed by atoms with E-state index in [4.69, 9.17) is 33.7 Å². The van der Waals surface area contributed by atoms with E-state index in [1.807, 2.05) is 0 Å². The number of benzene rings is 1. The first kappa shape index (κ1) is 40.5. The van der Waals surface area contributed by atoms with Gasteiger partial charge in [0, 0.05) is 5.56 Å². The van der Waals surface area contributed by atoms with Gasteiger partial charge in [-0.3, -0.25) is 4.21 Å². The van der Waals surface area contributed by atoms with Crippen LogP contribution in [-0.2, 0) is 11.4 Å². The number of carbonyl (C=O) groups excluding carboxylic acids is 1. The van der Waals surface area contributed by atoms with Crippen LogP contribution in [0.3, 0.4) is 0 Å². The van der Waals surface area contributed by atoms with Crippen molar-refractivity contribution in [2.75, 3.05) is 103 Å². The van der Waals surface area contributed by atoms with Gasteiger partial charge in [0.25, 0.3) is 0 Å².